The molecule has 0 radical (unpaired) electrons. The maximum absolute atomic E-state index is 11.3. The molecule has 0 saturated heterocycles. The summed E-state index contributed by atoms with van der Waals surface area (Å²) in [6.45, 7) is 4.38. The van der Waals surface area contributed by atoms with E-state index in [0.717, 1.165) is 27.9 Å². The van der Waals surface area contributed by atoms with Crippen LogP contribution in [0.2, 0.25) is 0 Å². The molecule has 0 spiro atoms. The van der Waals surface area contributed by atoms with Gasteiger partial charge in [-0.25, -0.2) is 4.98 Å². The topological polar surface area (TPSA) is 90.4 Å². The molecule has 0 fully saturated rings. The van der Waals surface area contributed by atoms with Gasteiger partial charge < -0.3 is 20.1 Å². The molecule has 1 amide bonds. The smallest absolute Gasteiger partial charge is 0.225 e. The number of carbonyl (C=O) groups excluding carboxylic acids is 1. The summed E-state index contributed by atoms with van der Waals surface area (Å²) in [7, 11) is 0. The minimum Gasteiger partial charge on any atom is -0.491 e. The molecule has 1 aromatic heterocycles. The lowest BCUT2D eigenvalue weighted by Crippen LogP contribution is -2.26. The van der Waals surface area contributed by atoms with Crippen molar-refractivity contribution >= 4 is 16.9 Å². The summed E-state index contributed by atoms with van der Waals surface area (Å²) in [5.74, 6) is 0.851. The molecule has 6 heteroatoms. The maximum Gasteiger partial charge on any atom is 0.225 e. The van der Waals surface area contributed by atoms with Crippen LogP contribution >= 0.6 is 0 Å². The van der Waals surface area contributed by atoms with Crippen LogP contribution in [0.3, 0.4) is 0 Å². The molecule has 3 N–H and O–H groups in total. The van der Waals surface area contributed by atoms with Gasteiger partial charge in [0.05, 0.1) is 24.0 Å². The van der Waals surface area contributed by atoms with Crippen molar-refractivity contribution in [2.75, 3.05) is 6.61 Å². The van der Waals surface area contributed by atoms with Gasteiger partial charge in [-0.1, -0.05) is 24.3 Å². The number of nitrogens with zero attached hydrogens (tertiary/aromatic N) is 2. The average Bonchev–Trinajstić information content (AvgIpc) is 2.92. The highest BCUT2D eigenvalue weighted by Gasteiger charge is 2.16. The van der Waals surface area contributed by atoms with Crippen molar-refractivity contribution in [3.63, 3.8) is 0 Å². The second-order valence-corrected chi connectivity index (χ2v) is 6.50. The first-order valence-corrected chi connectivity index (χ1v) is 8.54. The number of aryl methyl sites for hydroxylation is 2. The molecule has 0 bridgehead atoms. The first-order chi connectivity index (χ1) is 12.4. The molecular formula is C20H23N3O3. The third kappa shape index (κ3) is 4.03. The van der Waals surface area contributed by atoms with Crippen LogP contribution in [0, 0.1) is 13.8 Å². The fourth-order valence-electron chi connectivity index (χ4n) is 2.93. The van der Waals surface area contributed by atoms with Gasteiger partial charge >= 0.3 is 0 Å². The van der Waals surface area contributed by atoms with Crippen LogP contribution in [0.4, 0.5) is 0 Å². The largest absolute Gasteiger partial charge is 0.491 e. The van der Waals surface area contributed by atoms with Gasteiger partial charge in [0, 0.05) is 0 Å². The van der Waals surface area contributed by atoms with Crippen LogP contribution in [-0.2, 0) is 17.8 Å². The third-order valence-electron chi connectivity index (χ3n) is 4.23. The number of carbonyl (C=O) groups is 1. The number of para-hydroxylation sites is 2. The Kier molecular flexibility index (Phi) is 5.23. The summed E-state index contributed by atoms with van der Waals surface area (Å²) in [5, 5.41) is 10.5. The molecular weight excluding hydrogens is 330 g/mol. The van der Waals surface area contributed by atoms with E-state index in [9.17, 15) is 9.90 Å². The SMILES string of the molecule is Cc1ccc(C)c(OC[C@H](O)Cn2c(CC(N)=O)nc3ccccc32)c1. The molecule has 26 heavy (non-hydrogen) atoms. The highest BCUT2D eigenvalue weighted by atomic mass is 16.5. The molecule has 3 aromatic rings. The zero-order valence-electron chi connectivity index (χ0n) is 15.0. The first kappa shape index (κ1) is 17.9. The molecule has 6 nitrogen and oxygen atoms in total. The van der Waals surface area contributed by atoms with Crippen molar-refractivity contribution in [2.45, 2.75) is 32.9 Å². The fraction of sp³-hybridized carbons (Fsp3) is 0.300. The Balaban J connectivity index is 1.77. The Hall–Kier alpha value is -2.86. The van der Waals surface area contributed by atoms with Gasteiger partial charge in [0.2, 0.25) is 5.91 Å². The van der Waals surface area contributed by atoms with Crippen molar-refractivity contribution in [3.8, 4) is 5.75 Å². The zero-order chi connectivity index (χ0) is 18.7. The highest BCUT2D eigenvalue weighted by Crippen LogP contribution is 2.20. The van der Waals surface area contributed by atoms with E-state index in [-0.39, 0.29) is 19.6 Å². The van der Waals surface area contributed by atoms with E-state index >= 15 is 0 Å². The first-order valence-electron chi connectivity index (χ1n) is 8.54. The van der Waals surface area contributed by atoms with E-state index in [4.69, 9.17) is 10.5 Å². The van der Waals surface area contributed by atoms with E-state index in [1.165, 1.54) is 0 Å². The average molecular weight is 353 g/mol. The normalized spacial score (nSPS) is 12.3. The van der Waals surface area contributed by atoms with Crippen molar-refractivity contribution < 1.29 is 14.6 Å². The Labute approximate surface area is 152 Å². The lowest BCUT2D eigenvalue weighted by molar-refractivity contribution is -0.117. The number of hydrogen-bond acceptors (Lipinski definition) is 4. The lowest BCUT2D eigenvalue weighted by atomic mass is 10.1. The van der Waals surface area contributed by atoms with Gasteiger partial charge in [0.1, 0.15) is 24.3 Å². The Morgan fingerprint density at radius 3 is 2.81 bits per heavy atom. The predicted octanol–water partition coefficient (Wildman–Crippen LogP) is 2.12. The minimum atomic E-state index is -0.751. The molecule has 0 saturated carbocycles. The number of imidazole rings is 1. The number of ether oxygens (including phenoxy) is 1. The molecule has 136 valence electrons. The summed E-state index contributed by atoms with van der Waals surface area (Å²) in [6, 6.07) is 13.5. The summed E-state index contributed by atoms with van der Waals surface area (Å²) in [6.07, 6.45) is -0.724. The predicted molar refractivity (Wildman–Crippen MR) is 100 cm³/mol. The lowest BCUT2D eigenvalue weighted by Gasteiger charge is -2.16. The number of fused-ring (bicyclic) bond motifs is 1. The van der Waals surface area contributed by atoms with E-state index in [1.807, 2.05) is 60.9 Å². The summed E-state index contributed by atoms with van der Waals surface area (Å²) < 4.78 is 7.62. The molecule has 3 rings (SSSR count). The van der Waals surface area contributed by atoms with E-state index in [1.54, 1.807) is 0 Å². The molecule has 2 aromatic carbocycles. The molecule has 1 heterocycles. The van der Waals surface area contributed by atoms with Crippen molar-refractivity contribution in [1.29, 1.82) is 0 Å². The van der Waals surface area contributed by atoms with Gasteiger partial charge in [-0.3, -0.25) is 4.79 Å². The van der Waals surface area contributed by atoms with Crippen LogP contribution in [0.5, 0.6) is 5.75 Å². The Bertz CT molecular complexity index is 933. The highest BCUT2D eigenvalue weighted by molar-refractivity contribution is 5.80. The second kappa shape index (κ2) is 7.58. The number of primary amides is 1. The fourth-order valence-corrected chi connectivity index (χ4v) is 2.93. The van der Waals surface area contributed by atoms with E-state index < -0.39 is 12.0 Å². The molecule has 0 aliphatic heterocycles. The van der Waals surface area contributed by atoms with E-state index in [2.05, 4.69) is 4.98 Å². The molecule has 0 aliphatic carbocycles. The molecule has 1 atom stereocenters. The number of aromatic nitrogens is 2. The monoisotopic (exact) mass is 353 g/mol. The van der Waals surface area contributed by atoms with Crippen molar-refractivity contribution in [2.24, 2.45) is 5.73 Å². The van der Waals surface area contributed by atoms with Crippen LogP contribution in [0.15, 0.2) is 42.5 Å². The minimum absolute atomic E-state index is 0.0270. The summed E-state index contributed by atoms with van der Waals surface area (Å²) in [4.78, 5) is 15.8. The van der Waals surface area contributed by atoms with Gasteiger partial charge in [-0.05, 0) is 43.2 Å². The Morgan fingerprint density at radius 1 is 1.27 bits per heavy atom. The van der Waals surface area contributed by atoms with Crippen LogP contribution in [0.25, 0.3) is 11.0 Å². The van der Waals surface area contributed by atoms with Crippen LogP contribution in [0.1, 0.15) is 17.0 Å². The van der Waals surface area contributed by atoms with E-state index in [0.29, 0.717) is 5.82 Å². The van der Waals surface area contributed by atoms with Crippen LogP contribution < -0.4 is 10.5 Å². The van der Waals surface area contributed by atoms with Crippen molar-refractivity contribution in [3.05, 3.63) is 59.4 Å². The number of nitrogens with two attached hydrogens (primary N) is 1. The quantitative estimate of drug-likeness (QED) is 0.681. The summed E-state index contributed by atoms with van der Waals surface area (Å²) >= 11 is 0. The number of amides is 1. The third-order valence-corrected chi connectivity index (χ3v) is 4.23. The van der Waals surface area contributed by atoms with Gasteiger partial charge in [-0.15, -0.1) is 0 Å². The van der Waals surface area contributed by atoms with Crippen LogP contribution in [-0.4, -0.2) is 33.3 Å². The number of rotatable bonds is 7. The standard InChI is InChI=1S/C20H23N3O3/c1-13-7-8-14(2)18(9-13)26-12-15(24)11-23-17-6-4-3-5-16(17)22-20(23)10-19(21)25/h3-9,15,24H,10-12H2,1-2H3,(H2,21,25)/t15-/m1/s1. The van der Waals surface area contributed by atoms with Gasteiger partial charge in [0.15, 0.2) is 0 Å². The van der Waals surface area contributed by atoms with Gasteiger partial charge in [-0.2, -0.15) is 0 Å². The van der Waals surface area contributed by atoms with Gasteiger partial charge in [0.25, 0.3) is 0 Å². The maximum atomic E-state index is 11.3. The second-order valence-electron chi connectivity index (χ2n) is 6.50. The number of hydrogen-bond donors (Lipinski definition) is 2. The zero-order valence-corrected chi connectivity index (χ0v) is 15.0. The number of aliphatic hydroxyl groups excluding tert-OH is 1. The number of aliphatic hydroxyl groups is 1. The van der Waals surface area contributed by atoms with Crippen molar-refractivity contribution in [1.82, 2.24) is 9.55 Å². The number of benzene rings is 2. The molecule has 0 unspecified atom stereocenters. The Morgan fingerprint density at radius 2 is 2.04 bits per heavy atom. The summed E-state index contributed by atoms with van der Waals surface area (Å²) in [5.41, 5.74) is 9.08. The molecule has 0 aliphatic rings.